The van der Waals surface area contributed by atoms with Gasteiger partial charge in [-0.1, -0.05) is 43.9 Å². The first-order valence-corrected chi connectivity index (χ1v) is 16.5. The Labute approximate surface area is 246 Å². The molecule has 2 aromatic rings. The number of methoxy groups -OCH3 is 1. The molecule has 3 aliphatic rings. The Hall–Kier alpha value is -2.09. The highest BCUT2D eigenvalue weighted by atomic mass is 35.5. The summed E-state index contributed by atoms with van der Waals surface area (Å²) >= 11 is 6.40. The van der Waals surface area contributed by atoms with E-state index < -0.39 is 11.0 Å². The van der Waals surface area contributed by atoms with Gasteiger partial charge >= 0.3 is 0 Å². The van der Waals surface area contributed by atoms with E-state index >= 15 is 0 Å². The molecule has 8 heteroatoms. The van der Waals surface area contributed by atoms with Crippen LogP contribution in [0.25, 0.3) is 0 Å². The van der Waals surface area contributed by atoms with Gasteiger partial charge in [-0.25, -0.2) is 4.21 Å². The zero-order chi connectivity index (χ0) is 28.2. The average Bonchev–Trinajstić information content (AvgIpc) is 3.11. The number of carbonyl (C=O) groups excluding carboxylic acids is 1. The van der Waals surface area contributed by atoms with Gasteiger partial charge in [0.15, 0.2) is 0 Å². The number of halogens is 1. The van der Waals surface area contributed by atoms with Crippen LogP contribution >= 0.6 is 11.6 Å². The lowest BCUT2D eigenvalue weighted by atomic mass is 9.69. The van der Waals surface area contributed by atoms with E-state index in [1.165, 1.54) is 24.0 Å². The molecule has 5 rings (SSSR count). The van der Waals surface area contributed by atoms with Gasteiger partial charge in [-0.2, -0.15) is 0 Å². The van der Waals surface area contributed by atoms with Gasteiger partial charge in [0.05, 0.1) is 23.6 Å². The molecule has 1 amide bonds. The molecule has 1 aliphatic carbocycles. The van der Waals surface area contributed by atoms with Crippen molar-refractivity contribution in [2.45, 2.75) is 82.5 Å². The summed E-state index contributed by atoms with van der Waals surface area (Å²) in [5, 5.41) is 0.660. The number of rotatable bonds is 4. The van der Waals surface area contributed by atoms with Crippen LogP contribution in [0, 0.1) is 11.8 Å². The zero-order valence-corrected chi connectivity index (χ0v) is 25.6. The van der Waals surface area contributed by atoms with Crippen molar-refractivity contribution in [1.82, 2.24) is 4.72 Å². The highest BCUT2D eigenvalue weighted by Gasteiger charge is 2.39. The summed E-state index contributed by atoms with van der Waals surface area (Å²) < 4.78 is 28.1. The molecule has 0 saturated heterocycles. The fourth-order valence-corrected chi connectivity index (χ4v) is 7.77. The van der Waals surface area contributed by atoms with Gasteiger partial charge in [-0.15, -0.1) is 0 Å². The van der Waals surface area contributed by atoms with E-state index in [-0.39, 0.29) is 23.2 Å². The minimum absolute atomic E-state index is 0.104. The van der Waals surface area contributed by atoms with Gasteiger partial charge in [-0.3, -0.25) is 9.52 Å². The smallest absolute Gasteiger partial charge is 0.263 e. The highest BCUT2D eigenvalue weighted by molar-refractivity contribution is 7.84. The summed E-state index contributed by atoms with van der Waals surface area (Å²) in [4.78, 5) is 15.6. The van der Waals surface area contributed by atoms with E-state index in [2.05, 4.69) is 28.7 Å². The van der Waals surface area contributed by atoms with Crippen LogP contribution < -0.4 is 14.4 Å². The molecule has 2 aromatic carbocycles. The van der Waals surface area contributed by atoms with Crippen LogP contribution in [0.15, 0.2) is 36.4 Å². The monoisotopic (exact) mass is 586 g/mol. The van der Waals surface area contributed by atoms with Crippen LogP contribution in [0.1, 0.15) is 86.2 Å². The van der Waals surface area contributed by atoms with Crippen molar-refractivity contribution in [2.75, 3.05) is 31.7 Å². The third-order valence-corrected chi connectivity index (χ3v) is 10.7. The van der Waals surface area contributed by atoms with Crippen molar-refractivity contribution >= 4 is 34.2 Å². The number of anilines is 1. The first-order valence-electron chi connectivity index (χ1n) is 14.9. The predicted molar refractivity (Wildman–Crippen MR) is 163 cm³/mol. The molecule has 2 heterocycles. The van der Waals surface area contributed by atoms with Crippen LogP contribution in [0.2, 0.25) is 5.02 Å². The van der Waals surface area contributed by atoms with Crippen LogP contribution in [0.3, 0.4) is 0 Å². The quantitative estimate of drug-likeness (QED) is 0.433. The maximum Gasteiger partial charge on any atom is 0.263 e. The number of fused-ring (bicyclic) bond motifs is 2. The number of nitrogens with one attached hydrogen (secondary N) is 1. The lowest BCUT2D eigenvalue weighted by molar-refractivity contribution is -0.0218. The normalized spacial score (nSPS) is 29.4. The molecular formula is C32H43ClN2O4S. The molecule has 40 heavy (non-hydrogen) atoms. The number of amides is 1. The second kappa shape index (κ2) is 13.3. The number of hydrogen-bond acceptors (Lipinski definition) is 5. The Morgan fingerprint density at radius 1 is 1.10 bits per heavy atom. The van der Waals surface area contributed by atoms with Crippen LogP contribution in [0.5, 0.6) is 5.75 Å². The predicted octanol–water partition coefficient (Wildman–Crippen LogP) is 6.67. The third kappa shape index (κ3) is 6.52. The van der Waals surface area contributed by atoms with Gasteiger partial charge in [0.2, 0.25) is 0 Å². The maximum atomic E-state index is 13.2. The Morgan fingerprint density at radius 2 is 1.93 bits per heavy atom. The highest BCUT2D eigenvalue weighted by Crippen LogP contribution is 2.43. The van der Waals surface area contributed by atoms with Crippen molar-refractivity contribution in [3.63, 3.8) is 0 Å². The Bertz CT molecular complexity index is 1220. The Balaban J connectivity index is 1.51. The lowest BCUT2D eigenvalue weighted by Crippen LogP contribution is -2.45. The molecule has 1 N–H and O–H groups in total. The molecule has 0 radical (unpaired) electrons. The first-order chi connectivity index (χ1) is 19.4. The average molecular weight is 587 g/mol. The molecular weight excluding hydrogens is 544 g/mol. The Kier molecular flexibility index (Phi) is 9.75. The molecule has 1 saturated carbocycles. The van der Waals surface area contributed by atoms with E-state index in [1.807, 2.05) is 32.2 Å². The van der Waals surface area contributed by atoms with Crippen molar-refractivity contribution in [3.8, 4) is 5.75 Å². The zero-order valence-electron chi connectivity index (χ0n) is 24.0. The van der Waals surface area contributed by atoms with Gasteiger partial charge in [-0.05, 0) is 92.3 Å². The number of ether oxygens (including phenoxy) is 2. The van der Waals surface area contributed by atoms with Gasteiger partial charge in [0.25, 0.3) is 5.91 Å². The van der Waals surface area contributed by atoms with Crippen LogP contribution in [-0.2, 0) is 22.1 Å². The molecule has 1 fully saturated rings. The summed E-state index contributed by atoms with van der Waals surface area (Å²) in [7, 11) is 0.408. The molecule has 6 nitrogen and oxygen atoms in total. The standard InChI is InChI=1S/C32H43ClN2O4S/c1-4-7-22-16-26(33)12-14-27(22)25-19-35-18-24-10-13-28(24)30(38-3)9-6-5-8-21(2)40(37)34-32(36)23-11-15-31(39-20-25)29(35)17-23/h11-12,14-17,21,24-25,28,30H,4-10,13,18-20H2,1-3H3,(H,34,36). The molecule has 0 aromatic heterocycles. The second-order valence-corrected chi connectivity index (χ2v) is 13.8. The van der Waals surface area contributed by atoms with Gasteiger partial charge in [0.1, 0.15) is 16.7 Å². The molecule has 0 spiro atoms. The van der Waals surface area contributed by atoms with Crippen LogP contribution in [-0.4, -0.2) is 48.3 Å². The van der Waals surface area contributed by atoms with E-state index in [0.717, 1.165) is 68.1 Å². The minimum Gasteiger partial charge on any atom is -0.491 e. The molecule has 6 unspecified atom stereocenters. The first kappa shape index (κ1) is 29.4. The number of aryl methyl sites for hydroxylation is 1. The van der Waals surface area contributed by atoms with E-state index in [0.29, 0.717) is 24.0 Å². The number of nitrogens with zero attached hydrogens (tertiary/aromatic N) is 1. The van der Waals surface area contributed by atoms with Gasteiger partial charge < -0.3 is 14.4 Å². The molecule has 6 atom stereocenters. The summed E-state index contributed by atoms with van der Waals surface area (Å²) in [5.74, 6) is 1.70. The van der Waals surface area contributed by atoms with Crippen molar-refractivity contribution in [2.24, 2.45) is 11.8 Å². The number of hydrogen-bond donors (Lipinski definition) is 1. The van der Waals surface area contributed by atoms with Crippen molar-refractivity contribution in [3.05, 3.63) is 58.1 Å². The molecule has 2 bridgehead atoms. The van der Waals surface area contributed by atoms with E-state index in [9.17, 15) is 9.00 Å². The molecule has 2 aliphatic heterocycles. The van der Waals surface area contributed by atoms with Crippen LogP contribution in [0.4, 0.5) is 5.69 Å². The van der Waals surface area contributed by atoms with E-state index in [4.69, 9.17) is 21.1 Å². The van der Waals surface area contributed by atoms with Crippen molar-refractivity contribution in [1.29, 1.82) is 0 Å². The minimum atomic E-state index is -1.44. The van der Waals surface area contributed by atoms with Crippen molar-refractivity contribution < 1.29 is 18.5 Å². The SMILES string of the molecule is CCCc1cc(Cl)ccc1C1COc2ccc3cc2N(C1)CC1CCC1C(OC)CCCCC(C)S(=O)NC3=O. The second-order valence-electron chi connectivity index (χ2n) is 11.8. The largest absolute Gasteiger partial charge is 0.491 e. The summed E-state index contributed by atoms with van der Waals surface area (Å²) in [6, 6.07) is 11.9. The lowest BCUT2D eigenvalue weighted by Gasteiger charge is -2.44. The number of carbonyl (C=O) groups is 1. The van der Waals surface area contributed by atoms with E-state index in [1.54, 1.807) is 6.07 Å². The van der Waals surface area contributed by atoms with Gasteiger partial charge in [0, 0.05) is 36.7 Å². The maximum absolute atomic E-state index is 13.2. The summed E-state index contributed by atoms with van der Waals surface area (Å²) in [5.41, 5.74) is 4.01. The fourth-order valence-electron chi connectivity index (χ4n) is 6.69. The third-order valence-electron chi connectivity index (χ3n) is 9.13. The Morgan fingerprint density at radius 3 is 2.67 bits per heavy atom. The summed E-state index contributed by atoms with van der Waals surface area (Å²) in [6.45, 7) is 6.39. The fraction of sp³-hybridized carbons (Fsp3) is 0.594. The topological polar surface area (TPSA) is 67.9 Å². The molecule has 218 valence electrons. The number of benzene rings is 2. The summed E-state index contributed by atoms with van der Waals surface area (Å²) in [6.07, 6.45) is 8.47.